The summed E-state index contributed by atoms with van der Waals surface area (Å²) < 4.78 is 24.3. The molecule has 4 aromatic carbocycles. The van der Waals surface area contributed by atoms with Gasteiger partial charge in [-0.3, -0.25) is 9.59 Å². The third kappa shape index (κ3) is 6.34. The second-order valence-corrected chi connectivity index (χ2v) is 10.7. The lowest BCUT2D eigenvalue weighted by molar-refractivity contribution is -0.132. The molecule has 0 unspecified atom stereocenters. The van der Waals surface area contributed by atoms with Gasteiger partial charge in [-0.1, -0.05) is 48.0 Å². The van der Waals surface area contributed by atoms with Crippen LogP contribution >= 0.6 is 11.6 Å². The van der Waals surface area contributed by atoms with Crippen LogP contribution in [0.4, 0.5) is 5.69 Å². The van der Waals surface area contributed by atoms with E-state index in [0.29, 0.717) is 55.9 Å². The molecule has 9 nitrogen and oxygen atoms in total. The summed E-state index contributed by atoms with van der Waals surface area (Å²) in [5.74, 6) is 0.681. The van der Waals surface area contributed by atoms with E-state index in [1.54, 1.807) is 53.2 Å². The Labute approximate surface area is 266 Å². The minimum atomic E-state index is -0.511. The van der Waals surface area contributed by atoms with E-state index in [-0.39, 0.29) is 11.8 Å². The molecule has 5 rings (SSSR count). The Morgan fingerprint density at radius 1 is 0.822 bits per heavy atom. The van der Waals surface area contributed by atoms with Crippen LogP contribution in [0.5, 0.6) is 23.1 Å². The lowest BCUT2D eigenvalue weighted by Gasteiger charge is -2.14. The van der Waals surface area contributed by atoms with Crippen molar-refractivity contribution < 1.29 is 28.5 Å². The first kappa shape index (κ1) is 31.2. The number of ether oxygens (including phenoxy) is 4. The summed E-state index contributed by atoms with van der Waals surface area (Å²) in [7, 11) is 4.61. The van der Waals surface area contributed by atoms with Crippen molar-refractivity contribution in [2.45, 2.75) is 20.8 Å². The topological polar surface area (TPSA) is 101 Å². The van der Waals surface area contributed by atoms with E-state index in [4.69, 9.17) is 35.6 Å². The molecule has 0 fully saturated rings. The maximum absolute atomic E-state index is 12.9. The van der Waals surface area contributed by atoms with Crippen molar-refractivity contribution in [3.63, 3.8) is 0 Å². The Balaban J connectivity index is 1.72. The largest absolute Gasteiger partial charge is 0.493 e. The number of benzene rings is 4. The zero-order valence-corrected chi connectivity index (χ0v) is 26.5. The van der Waals surface area contributed by atoms with Crippen LogP contribution in [-0.4, -0.2) is 43.0 Å². The average molecular weight is 626 g/mol. The molecule has 0 radical (unpaired) electrons. The minimum absolute atomic E-state index is 0.229. The van der Waals surface area contributed by atoms with Gasteiger partial charge in [0.25, 0.3) is 5.91 Å². The number of methoxy groups -OCH3 is 3. The number of carbonyl (C=O) groups excluding carboxylic acids is 2. The minimum Gasteiger partial charge on any atom is -0.493 e. The molecule has 1 aromatic heterocycles. The molecule has 0 saturated carbocycles. The predicted molar refractivity (Wildman–Crippen MR) is 174 cm³/mol. The summed E-state index contributed by atoms with van der Waals surface area (Å²) in [6.45, 7) is 5.29. The highest BCUT2D eigenvalue weighted by molar-refractivity contribution is 6.34. The third-order valence-electron chi connectivity index (χ3n) is 7.16. The fourth-order valence-electron chi connectivity index (χ4n) is 4.99. The number of anilines is 1. The van der Waals surface area contributed by atoms with Crippen LogP contribution in [0.3, 0.4) is 0 Å². The van der Waals surface area contributed by atoms with Gasteiger partial charge < -0.3 is 24.3 Å². The van der Waals surface area contributed by atoms with Crippen molar-refractivity contribution in [2.24, 2.45) is 0 Å². The van der Waals surface area contributed by atoms with Gasteiger partial charge in [-0.15, -0.1) is 0 Å². The Kier molecular flexibility index (Phi) is 9.11. The number of carbonyl (C=O) groups is 2. The smallest absolute Gasteiger partial charge is 0.309 e. The van der Waals surface area contributed by atoms with Crippen LogP contribution in [-0.2, 0) is 4.79 Å². The van der Waals surface area contributed by atoms with E-state index in [1.807, 2.05) is 44.2 Å². The summed E-state index contributed by atoms with van der Waals surface area (Å²) >= 11 is 6.22. The molecule has 0 spiro atoms. The molecular formula is C35H32ClN3O6. The van der Waals surface area contributed by atoms with Gasteiger partial charge in [0.1, 0.15) is 5.69 Å². The Hall–Kier alpha value is -5.28. The quantitative estimate of drug-likeness (QED) is 0.168. The van der Waals surface area contributed by atoms with Gasteiger partial charge in [0.15, 0.2) is 11.5 Å². The monoisotopic (exact) mass is 625 g/mol. The van der Waals surface area contributed by atoms with Gasteiger partial charge in [0.2, 0.25) is 11.6 Å². The van der Waals surface area contributed by atoms with Crippen LogP contribution in [0.25, 0.3) is 28.1 Å². The van der Waals surface area contributed by atoms with Gasteiger partial charge in [-0.2, -0.15) is 9.78 Å². The molecule has 0 atom stereocenters. The first-order valence-electron chi connectivity index (χ1n) is 14.0. The lowest BCUT2D eigenvalue weighted by Crippen LogP contribution is -2.12. The molecule has 0 aliphatic rings. The van der Waals surface area contributed by atoms with Gasteiger partial charge in [0, 0.05) is 18.2 Å². The van der Waals surface area contributed by atoms with Crippen molar-refractivity contribution >= 4 is 29.2 Å². The van der Waals surface area contributed by atoms with E-state index in [0.717, 1.165) is 16.8 Å². The summed E-state index contributed by atoms with van der Waals surface area (Å²) in [4.78, 5) is 25.4. The van der Waals surface area contributed by atoms with Crippen molar-refractivity contribution in [1.82, 2.24) is 9.78 Å². The highest BCUT2D eigenvalue weighted by atomic mass is 35.5. The number of nitrogens with zero attached hydrogens (tertiary/aromatic N) is 2. The van der Waals surface area contributed by atoms with E-state index >= 15 is 0 Å². The number of hydrogen-bond acceptors (Lipinski definition) is 7. The highest BCUT2D eigenvalue weighted by Crippen LogP contribution is 2.46. The molecule has 1 heterocycles. The number of rotatable bonds is 9. The van der Waals surface area contributed by atoms with Crippen LogP contribution < -0.4 is 24.3 Å². The molecule has 0 saturated heterocycles. The molecule has 5 aromatic rings. The van der Waals surface area contributed by atoms with Gasteiger partial charge in [-0.05, 0) is 73.0 Å². The van der Waals surface area contributed by atoms with Crippen molar-refractivity contribution in [3.8, 4) is 51.2 Å². The summed E-state index contributed by atoms with van der Waals surface area (Å²) in [5.41, 5.74) is 5.95. The number of amides is 1. The third-order valence-corrected chi connectivity index (χ3v) is 7.49. The van der Waals surface area contributed by atoms with Crippen LogP contribution in [0.2, 0.25) is 5.02 Å². The number of hydrogen-bond donors (Lipinski definition) is 1. The average Bonchev–Trinajstić information content (AvgIpc) is 3.39. The van der Waals surface area contributed by atoms with E-state index < -0.39 is 5.97 Å². The SMILES string of the molecule is COc1cc(-c2nn(-c3cc(C)ccc3C)c(OC(C)=O)c2-c2ccc(NC(=O)c3ccccc3Cl)cc2)cc(OC)c1OC. The molecular weight excluding hydrogens is 594 g/mol. The fraction of sp³-hybridized carbons (Fsp3) is 0.171. The molecule has 0 bridgehead atoms. The standard InChI is InChI=1S/C35H32ClN3O6/c1-20-11-12-21(2)28(17-20)39-35(45-22(3)40)31(32(38-39)24-18-29(42-4)33(44-6)30(19-24)43-5)23-13-15-25(16-14-23)37-34(41)26-9-7-8-10-27(26)36/h7-19H,1-6H3,(H,37,41). The molecule has 230 valence electrons. The Morgan fingerprint density at radius 2 is 1.49 bits per heavy atom. The molecule has 10 heteroatoms. The van der Waals surface area contributed by atoms with Crippen LogP contribution in [0.1, 0.15) is 28.4 Å². The molecule has 45 heavy (non-hydrogen) atoms. The predicted octanol–water partition coefficient (Wildman–Crippen LogP) is 7.68. The number of aromatic nitrogens is 2. The van der Waals surface area contributed by atoms with E-state index in [9.17, 15) is 9.59 Å². The van der Waals surface area contributed by atoms with Crippen molar-refractivity contribution in [2.75, 3.05) is 26.6 Å². The first-order chi connectivity index (χ1) is 21.6. The van der Waals surface area contributed by atoms with Crippen molar-refractivity contribution in [1.29, 1.82) is 0 Å². The second-order valence-electron chi connectivity index (χ2n) is 10.2. The number of halogens is 1. The van der Waals surface area contributed by atoms with Gasteiger partial charge >= 0.3 is 5.97 Å². The Bertz CT molecular complexity index is 1870. The molecule has 1 N–H and O–H groups in total. The Morgan fingerprint density at radius 3 is 2.09 bits per heavy atom. The zero-order valence-electron chi connectivity index (χ0n) is 25.7. The summed E-state index contributed by atoms with van der Waals surface area (Å²) in [5, 5.41) is 8.25. The van der Waals surface area contributed by atoms with Crippen LogP contribution in [0.15, 0.2) is 78.9 Å². The number of nitrogens with one attached hydrogen (secondary N) is 1. The first-order valence-corrected chi connectivity index (χ1v) is 14.4. The van der Waals surface area contributed by atoms with Gasteiger partial charge in [0.05, 0.1) is 43.2 Å². The molecule has 1 amide bonds. The van der Waals surface area contributed by atoms with E-state index in [2.05, 4.69) is 5.32 Å². The molecule has 0 aliphatic heterocycles. The normalized spacial score (nSPS) is 10.7. The van der Waals surface area contributed by atoms with Crippen LogP contribution in [0, 0.1) is 13.8 Å². The van der Waals surface area contributed by atoms with E-state index in [1.165, 1.54) is 28.3 Å². The summed E-state index contributed by atoms with van der Waals surface area (Å²) in [6.07, 6.45) is 0. The number of aryl methyl sites for hydroxylation is 2. The number of esters is 1. The lowest BCUT2D eigenvalue weighted by atomic mass is 10.00. The highest BCUT2D eigenvalue weighted by Gasteiger charge is 2.27. The fourth-order valence-corrected chi connectivity index (χ4v) is 5.21. The van der Waals surface area contributed by atoms with Gasteiger partial charge in [-0.25, -0.2) is 0 Å². The molecule has 0 aliphatic carbocycles. The van der Waals surface area contributed by atoms with Crippen molar-refractivity contribution in [3.05, 3.63) is 101 Å². The zero-order chi connectivity index (χ0) is 32.2. The maximum atomic E-state index is 12.9. The maximum Gasteiger partial charge on any atom is 0.309 e. The summed E-state index contributed by atoms with van der Waals surface area (Å²) in [6, 6.07) is 23.5. The second kappa shape index (κ2) is 13.2.